The molecule has 0 aliphatic rings. The number of ether oxygens (including phenoxy) is 2. The van der Waals surface area contributed by atoms with Crippen molar-refractivity contribution in [3.8, 4) is 17.2 Å². The molecule has 0 aliphatic heterocycles. The zero-order valence-corrected chi connectivity index (χ0v) is 20.6. The van der Waals surface area contributed by atoms with E-state index < -0.39 is 26.6 Å². The lowest BCUT2D eigenvalue weighted by molar-refractivity contribution is -0.385. The van der Waals surface area contributed by atoms with E-state index in [1.165, 1.54) is 49.7 Å². The van der Waals surface area contributed by atoms with Gasteiger partial charge < -0.3 is 13.7 Å². The van der Waals surface area contributed by atoms with E-state index in [-0.39, 0.29) is 23.0 Å². The zero-order chi connectivity index (χ0) is 27.1. The number of rotatable bonds is 10. The summed E-state index contributed by atoms with van der Waals surface area (Å²) in [5.41, 5.74) is 3.04. The van der Waals surface area contributed by atoms with Crippen LogP contribution in [0.2, 0.25) is 0 Å². The van der Waals surface area contributed by atoms with Gasteiger partial charge in [-0.2, -0.15) is 13.5 Å². The predicted molar refractivity (Wildman–Crippen MR) is 137 cm³/mol. The SMILES string of the molecule is COc1cc(/C=N\NC(=O)COc2cccc3cccnc23)ccc1OS(=O)(=O)c1cccc([N+](=O)[O-])c1. The normalized spacial score (nSPS) is 11.3. The summed E-state index contributed by atoms with van der Waals surface area (Å²) in [6, 6.07) is 17.8. The Balaban J connectivity index is 1.39. The molecule has 0 saturated carbocycles. The molecule has 38 heavy (non-hydrogen) atoms. The summed E-state index contributed by atoms with van der Waals surface area (Å²) in [5.74, 6) is -0.134. The minimum atomic E-state index is -4.38. The monoisotopic (exact) mass is 536 g/mol. The molecule has 4 aromatic rings. The second kappa shape index (κ2) is 11.3. The van der Waals surface area contributed by atoms with Crippen molar-refractivity contribution >= 4 is 38.8 Å². The first-order chi connectivity index (χ1) is 18.3. The fraction of sp³-hybridized carbons (Fsp3) is 0.0800. The molecule has 0 aliphatic carbocycles. The third kappa shape index (κ3) is 6.20. The quantitative estimate of drug-likeness (QED) is 0.139. The van der Waals surface area contributed by atoms with Gasteiger partial charge in [-0.1, -0.05) is 24.3 Å². The van der Waals surface area contributed by atoms with Crippen molar-refractivity contribution in [2.24, 2.45) is 5.10 Å². The van der Waals surface area contributed by atoms with Gasteiger partial charge in [0, 0.05) is 23.7 Å². The average molecular weight is 537 g/mol. The van der Waals surface area contributed by atoms with Crippen molar-refractivity contribution in [1.82, 2.24) is 10.4 Å². The van der Waals surface area contributed by atoms with Crippen LogP contribution in [0.3, 0.4) is 0 Å². The second-order valence-corrected chi connectivity index (χ2v) is 9.16. The highest BCUT2D eigenvalue weighted by Crippen LogP contribution is 2.31. The van der Waals surface area contributed by atoms with Crippen molar-refractivity contribution in [3.05, 3.63) is 94.7 Å². The summed E-state index contributed by atoms with van der Waals surface area (Å²) in [7, 11) is -3.07. The maximum Gasteiger partial charge on any atom is 0.339 e. The fourth-order valence-corrected chi connectivity index (χ4v) is 4.28. The van der Waals surface area contributed by atoms with Crippen molar-refractivity contribution in [2.75, 3.05) is 13.7 Å². The molecular formula is C25H20N4O8S. The first-order valence-electron chi connectivity index (χ1n) is 10.9. The van der Waals surface area contributed by atoms with E-state index in [2.05, 4.69) is 15.5 Å². The van der Waals surface area contributed by atoms with Crippen LogP contribution in [0, 0.1) is 10.1 Å². The number of para-hydroxylation sites is 1. The van der Waals surface area contributed by atoms with Gasteiger partial charge in [0.1, 0.15) is 16.2 Å². The Labute approximate surface area is 216 Å². The van der Waals surface area contributed by atoms with Crippen LogP contribution in [0.1, 0.15) is 5.56 Å². The van der Waals surface area contributed by atoms with Gasteiger partial charge in [-0.3, -0.25) is 19.9 Å². The van der Waals surface area contributed by atoms with Crippen molar-refractivity contribution < 1.29 is 31.8 Å². The number of fused-ring (bicyclic) bond motifs is 1. The van der Waals surface area contributed by atoms with Crippen LogP contribution in [0.25, 0.3) is 10.9 Å². The van der Waals surface area contributed by atoms with E-state index in [9.17, 15) is 23.3 Å². The smallest absolute Gasteiger partial charge is 0.339 e. The number of nitrogens with one attached hydrogen (secondary N) is 1. The molecule has 13 heteroatoms. The number of non-ortho nitro benzene ring substituents is 1. The molecule has 1 heterocycles. The lowest BCUT2D eigenvalue weighted by atomic mass is 10.2. The number of carbonyl (C=O) groups excluding carboxylic acids is 1. The lowest BCUT2D eigenvalue weighted by Crippen LogP contribution is -2.24. The molecule has 1 amide bonds. The number of benzene rings is 3. The third-order valence-corrected chi connectivity index (χ3v) is 6.29. The Bertz CT molecular complexity index is 1630. The summed E-state index contributed by atoms with van der Waals surface area (Å²) in [5, 5.41) is 15.7. The first-order valence-corrected chi connectivity index (χ1v) is 12.3. The van der Waals surface area contributed by atoms with E-state index >= 15 is 0 Å². The Morgan fingerprint density at radius 3 is 2.63 bits per heavy atom. The number of amides is 1. The lowest BCUT2D eigenvalue weighted by Gasteiger charge is -2.11. The number of hydrazone groups is 1. The van der Waals surface area contributed by atoms with Gasteiger partial charge >= 0.3 is 10.1 Å². The Morgan fingerprint density at radius 2 is 1.84 bits per heavy atom. The molecular weight excluding hydrogens is 516 g/mol. The van der Waals surface area contributed by atoms with Crippen LogP contribution in [0.4, 0.5) is 5.69 Å². The molecule has 0 saturated heterocycles. The van der Waals surface area contributed by atoms with Gasteiger partial charge in [-0.25, -0.2) is 5.43 Å². The molecule has 12 nitrogen and oxygen atoms in total. The van der Waals surface area contributed by atoms with E-state index in [1.807, 2.05) is 12.1 Å². The van der Waals surface area contributed by atoms with Gasteiger partial charge in [0.25, 0.3) is 11.6 Å². The number of nitro benzene ring substituents is 1. The van der Waals surface area contributed by atoms with Crippen LogP contribution in [-0.4, -0.2) is 44.2 Å². The van der Waals surface area contributed by atoms with Crippen molar-refractivity contribution in [1.29, 1.82) is 0 Å². The standard InChI is InChI=1S/C25H20N4O8S/c1-35-23-13-17(10-11-21(23)37-38(33,34)20-8-3-7-19(14-20)29(31)32)15-27-28-24(30)16-36-22-9-2-5-18-6-4-12-26-25(18)22/h2-15H,16H2,1H3,(H,28,30)/b27-15-. The highest BCUT2D eigenvalue weighted by Gasteiger charge is 2.22. The summed E-state index contributed by atoms with van der Waals surface area (Å²) < 4.78 is 41.1. The molecule has 0 bridgehead atoms. The fourth-order valence-electron chi connectivity index (χ4n) is 3.30. The maximum atomic E-state index is 12.6. The largest absolute Gasteiger partial charge is 0.493 e. The first kappa shape index (κ1) is 26.0. The number of methoxy groups -OCH3 is 1. The van der Waals surface area contributed by atoms with E-state index in [0.29, 0.717) is 16.8 Å². The Kier molecular flexibility index (Phi) is 7.77. The topological polar surface area (TPSA) is 159 Å². The minimum absolute atomic E-state index is 0.0565. The van der Waals surface area contributed by atoms with Gasteiger partial charge in [0.2, 0.25) is 0 Å². The van der Waals surface area contributed by atoms with E-state index in [4.69, 9.17) is 13.7 Å². The summed E-state index contributed by atoms with van der Waals surface area (Å²) in [4.78, 5) is 26.3. The number of nitro groups is 1. The van der Waals surface area contributed by atoms with Gasteiger partial charge in [-0.15, -0.1) is 0 Å². The molecule has 0 atom stereocenters. The van der Waals surface area contributed by atoms with Crippen molar-refractivity contribution in [2.45, 2.75) is 4.90 Å². The van der Waals surface area contributed by atoms with Gasteiger partial charge in [0.05, 0.1) is 18.2 Å². The molecule has 1 N–H and O–H groups in total. The number of nitrogens with zero attached hydrogens (tertiary/aromatic N) is 3. The summed E-state index contributed by atoms with van der Waals surface area (Å²) in [6.45, 7) is -0.293. The van der Waals surface area contributed by atoms with E-state index in [0.717, 1.165) is 11.5 Å². The average Bonchev–Trinajstić information content (AvgIpc) is 2.92. The molecule has 0 spiro atoms. The highest BCUT2D eigenvalue weighted by molar-refractivity contribution is 7.87. The van der Waals surface area contributed by atoms with Crippen LogP contribution < -0.4 is 19.1 Å². The predicted octanol–water partition coefficient (Wildman–Crippen LogP) is 3.45. The van der Waals surface area contributed by atoms with Crippen LogP contribution >= 0.6 is 0 Å². The molecule has 4 rings (SSSR count). The molecule has 194 valence electrons. The van der Waals surface area contributed by atoms with Gasteiger partial charge in [-0.05, 0) is 42.0 Å². The second-order valence-electron chi connectivity index (χ2n) is 7.62. The van der Waals surface area contributed by atoms with Gasteiger partial charge in [0.15, 0.2) is 18.1 Å². The number of aromatic nitrogens is 1. The van der Waals surface area contributed by atoms with Crippen LogP contribution in [0.15, 0.2) is 89.0 Å². The summed E-state index contributed by atoms with van der Waals surface area (Å²) >= 11 is 0. The molecule has 1 aromatic heterocycles. The van der Waals surface area contributed by atoms with E-state index in [1.54, 1.807) is 24.4 Å². The number of hydrogen-bond acceptors (Lipinski definition) is 10. The maximum absolute atomic E-state index is 12.6. The van der Waals surface area contributed by atoms with Crippen molar-refractivity contribution in [3.63, 3.8) is 0 Å². The molecule has 0 unspecified atom stereocenters. The number of pyridine rings is 1. The third-order valence-electron chi connectivity index (χ3n) is 5.06. The number of carbonyl (C=O) groups is 1. The minimum Gasteiger partial charge on any atom is -0.493 e. The van der Waals surface area contributed by atoms with Crippen LogP contribution in [-0.2, 0) is 14.9 Å². The molecule has 3 aromatic carbocycles. The Hall–Kier alpha value is -5.04. The van der Waals surface area contributed by atoms with Crippen LogP contribution in [0.5, 0.6) is 17.2 Å². The molecule has 0 fully saturated rings. The molecule has 0 radical (unpaired) electrons. The highest BCUT2D eigenvalue weighted by atomic mass is 32.2. The zero-order valence-electron chi connectivity index (χ0n) is 19.8. The number of hydrogen-bond donors (Lipinski definition) is 1. The summed E-state index contributed by atoms with van der Waals surface area (Å²) in [6.07, 6.45) is 2.95. The Morgan fingerprint density at radius 1 is 1.05 bits per heavy atom.